The van der Waals surface area contributed by atoms with Gasteiger partial charge < -0.3 is 25.7 Å². The zero-order valence-electron chi connectivity index (χ0n) is 15.3. The summed E-state index contributed by atoms with van der Waals surface area (Å²) in [6.07, 6.45) is 0.911. The van der Waals surface area contributed by atoms with E-state index in [1.54, 1.807) is 12.1 Å². The maximum atomic E-state index is 12.2. The summed E-state index contributed by atoms with van der Waals surface area (Å²) < 4.78 is 16.0. The van der Waals surface area contributed by atoms with Crippen LogP contribution in [0, 0.1) is 0 Å². The Morgan fingerprint density at radius 2 is 2.00 bits per heavy atom. The van der Waals surface area contributed by atoms with Crippen molar-refractivity contribution in [3.8, 4) is 0 Å². The molecule has 0 radical (unpaired) electrons. The van der Waals surface area contributed by atoms with Crippen LogP contribution in [0.15, 0.2) is 34.0 Å². The maximum absolute atomic E-state index is 12.2. The molecule has 0 bridgehead atoms. The summed E-state index contributed by atoms with van der Waals surface area (Å²) >= 11 is 1.27. The predicted molar refractivity (Wildman–Crippen MR) is 105 cm³/mol. The van der Waals surface area contributed by atoms with Gasteiger partial charge in [0.05, 0.1) is 31.1 Å². The van der Waals surface area contributed by atoms with E-state index in [2.05, 4.69) is 9.97 Å². The van der Waals surface area contributed by atoms with E-state index in [9.17, 15) is 9.59 Å². The number of carbonyl (C=O) groups excluding carboxylic acids is 1. The number of nitrogens with one attached hydrogen (secondary N) is 1. The summed E-state index contributed by atoms with van der Waals surface area (Å²) in [5.74, 6) is -0.322. The van der Waals surface area contributed by atoms with Crippen molar-refractivity contribution in [3.63, 3.8) is 0 Å². The molecule has 0 spiro atoms. The Bertz CT molecular complexity index is 881. The van der Waals surface area contributed by atoms with Gasteiger partial charge in [-0.15, -0.1) is 11.8 Å². The van der Waals surface area contributed by atoms with Crippen molar-refractivity contribution in [1.82, 2.24) is 9.97 Å². The van der Waals surface area contributed by atoms with Gasteiger partial charge in [-0.1, -0.05) is 12.1 Å². The minimum absolute atomic E-state index is 0.0255. The molecule has 10 heteroatoms. The van der Waals surface area contributed by atoms with Crippen molar-refractivity contribution in [2.24, 2.45) is 0 Å². The smallest absolute Gasteiger partial charge is 0.337 e. The first kappa shape index (κ1) is 20.2. The third kappa shape index (κ3) is 4.83. The number of anilines is 2. The highest BCUT2D eigenvalue weighted by Crippen LogP contribution is 2.32. The van der Waals surface area contributed by atoms with Crippen molar-refractivity contribution < 1.29 is 19.0 Å². The van der Waals surface area contributed by atoms with Gasteiger partial charge in [0.15, 0.2) is 6.29 Å². The third-order valence-corrected chi connectivity index (χ3v) is 5.63. The molecular weight excluding hydrogens is 384 g/mol. The molecular formula is C18H22N4O5S. The van der Waals surface area contributed by atoms with E-state index in [0.29, 0.717) is 36.5 Å². The Kier molecular flexibility index (Phi) is 6.55. The average Bonchev–Trinajstić information content (AvgIpc) is 3.21. The Morgan fingerprint density at radius 3 is 2.61 bits per heavy atom. The highest BCUT2D eigenvalue weighted by atomic mass is 32.2. The van der Waals surface area contributed by atoms with Crippen molar-refractivity contribution in [3.05, 3.63) is 45.7 Å². The summed E-state index contributed by atoms with van der Waals surface area (Å²) in [6, 6.07) is 7.18. The molecule has 5 N–H and O–H groups in total. The number of nitrogen functional groups attached to an aromatic ring is 2. The normalized spacial score (nSPS) is 15.5. The third-order valence-electron chi connectivity index (χ3n) is 4.23. The van der Waals surface area contributed by atoms with Crippen LogP contribution in [0.5, 0.6) is 0 Å². The van der Waals surface area contributed by atoms with Gasteiger partial charge in [0.2, 0.25) is 5.95 Å². The van der Waals surface area contributed by atoms with Gasteiger partial charge in [-0.05, 0) is 30.5 Å². The van der Waals surface area contributed by atoms with Crippen molar-refractivity contribution in [2.75, 3.05) is 31.8 Å². The average molecular weight is 406 g/mol. The number of carbonyl (C=O) groups is 1. The number of benzene rings is 1. The van der Waals surface area contributed by atoms with Gasteiger partial charge in [-0.3, -0.25) is 9.78 Å². The molecule has 1 fully saturated rings. The molecule has 28 heavy (non-hydrogen) atoms. The van der Waals surface area contributed by atoms with Crippen LogP contribution in [0.2, 0.25) is 0 Å². The highest BCUT2D eigenvalue weighted by molar-refractivity contribution is 8.00. The van der Waals surface area contributed by atoms with Gasteiger partial charge in [-0.2, -0.15) is 4.98 Å². The molecule has 1 aromatic heterocycles. The van der Waals surface area contributed by atoms with Crippen LogP contribution in [-0.2, 0) is 20.6 Å². The van der Waals surface area contributed by atoms with E-state index in [4.69, 9.17) is 25.7 Å². The standard InChI is InChI=1S/C18H22N4O5S/c1-25-16(24)11-5-2-10(3-6-11)4-7-12(17-26-8-9-27-17)28-13-14(19)21-18(20)22-15(13)23/h2-3,5-6,12,17H,4,7-9H2,1H3,(H5,19,20,21,22,23). The summed E-state index contributed by atoms with van der Waals surface area (Å²) in [4.78, 5) is 30.4. The number of hydrogen-bond acceptors (Lipinski definition) is 9. The number of hydrogen-bond donors (Lipinski definition) is 3. The number of nitrogens with zero attached hydrogens (tertiary/aromatic N) is 1. The molecule has 9 nitrogen and oxygen atoms in total. The van der Waals surface area contributed by atoms with Crippen LogP contribution in [0.25, 0.3) is 0 Å². The van der Waals surface area contributed by atoms with E-state index in [-0.39, 0.29) is 28.5 Å². The van der Waals surface area contributed by atoms with Crippen LogP contribution in [0.1, 0.15) is 22.3 Å². The number of esters is 1. The summed E-state index contributed by atoms with van der Waals surface area (Å²) in [5.41, 5.74) is 12.5. The second-order valence-electron chi connectivity index (χ2n) is 6.16. The SMILES string of the molecule is COC(=O)c1ccc(CCC(Sc2c(N)nc(N)[nH]c2=O)C2OCCO2)cc1. The van der Waals surface area contributed by atoms with Crippen LogP contribution in [0.3, 0.4) is 0 Å². The number of H-pyrrole nitrogens is 1. The molecule has 1 saturated heterocycles. The van der Waals surface area contributed by atoms with E-state index in [1.807, 2.05) is 12.1 Å². The topological polar surface area (TPSA) is 143 Å². The monoisotopic (exact) mass is 406 g/mol. The largest absolute Gasteiger partial charge is 0.465 e. The molecule has 2 heterocycles. The van der Waals surface area contributed by atoms with Crippen molar-refractivity contribution >= 4 is 29.5 Å². The lowest BCUT2D eigenvalue weighted by molar-refractivity contribution is -0.0427. The van der Waals surface area contributed by atoms with E-state index >= 15 is 0 Å². The van der Waals surface area contributed by atoms with E-state index in [0.717, 1.165) is 5.56 Å². The zero-order valence-corrected chi connectivity index (χ0v) is 16.2. The second kappa shape index (κ2) is 9.09. The number of aromatic nitrogens is 2. The maximum Gasteiger partial charge on any atom is 0.337 e. The lowest BCUT2D eigenvalue weighted by Gasteiger charge is -2.22. The molecule has 150 valence electrons. The van der Waals surface area contributed by atoms with Gasteiger partial charge in [0, 0.05) is 0 Å². The summed E-state index contributed by atoms with van der Waals surface area (Å²) in [5, 5.41) is -0.170. The van der Waals surface area contributed by atoms with Crippen LogP contribution in [-0.4, -0.2) is 47.8 Å². The fourth-order valence-electron chi connectivity index (χ4n) is 2.84. The fraction of sp³-hybridized carbons (Fsp3) is 0.389. The number of aromatic amines is 1. The Hall–Kier alpha value is -2.56. The van der Waals surface area contributed by atoms with Crippen molar-refractivity contribution in [1.29, 1.82) is 0 Å². The van der Waals surface area contributed by atoms with Crippen molar-refractivity contribution in [2.45, 2.75) is 29.3 Å². The molecule has 0 amide bonds. The lowest BCUT2D eigenvalue weighted by Crippen LogP contribution is -2.27. The number of methoxy groups -OCH3 is 1. The number of ether oxygens (including phenoxy) is 3. The number of nitrogens with two attached hydrogens (primary N) is 2. The lowest BCUT2D eigenvalue weighted by atomic mass is 10.1. The minimum Gasteiger partial charge on any atom is -0.465 e. The van der Waals surface area contributed by atoms with Crippen LogP contribution in [0.4, 0.5) is 11.8 Å². The molecule has 1 aliphatic heterocycles. The predicted octanol–water partition coefficient (Wildman–Crippen LogP) is 1.19. The number of thioether (sulfide) groups is 1. The molecule has 1 aliphatic rings. The van der Waals surface area contributed by atoms with Crippen LogP contribution >= 0.6 is 11.8 Å². The Balaban J connectivity index is 1.72. The number of aryl methyl sites for hydroxylation is 1. The highest BCUT2D eigenvalue weighted by Gasteiger charge is 2.29. The van der Waals surface area contributed by atoms with Gasteiger partial charge >= 0.3 is 5.97 Å². The van der Waals surface area contributed by atoms with E-state index in [1.165, 1.54) is 18.9 Å². The first-order valence-corrected chi connectivity index (χ1v) is 9.58. The van der Waals surface area contributed by atoms with Crippen LogP contribution < -0.4 is 17.0 Å². The molecule has 2 aromatic rings. The molecule has 1 aromatic carbocycles. The molecule has 1 atom stereocenters. The molecule has 3 rings (SSSR count). The first-order valence-electron chi connectivity index (χ1n) is 8.70. The van der Waals surface area contributed by atoms with E-state index < -0.39 is 6.29 Å². The fourth-order valence-corrected chi connectivity index (χ4v) is 3.97. The summed E-state index contributed by atoms with van der Waals surface area (Å²) in [7, 11) is 1.35. The Morgan fingerprint density at radius 1 is 1.32 bits per heavy atom. The molecule has 0 aliphatic carbocycles. The van der Waals surface area contributed by atoms with Gasteiger partial charge in [0.1, 0.15) is 10.7 Å². The molecule has 0 saturated carbocycles. The van der Waals surface area contributed by atoms with Gasteiger partial charge in [-0.25, -0.2) is 4.79 Å². The van der Waals surface area contributed by atoms with Gasteiger partial charge in [0.25, 0.3) is 5.56 Å². The Labute approximate surface area is 165 Å². The second-order valence-corrected chi connectivity index (χ2v) is 7.41. The first-order chi connectivity index (χ1) is 13.5. The minimum atomic E-state index is -0.448. The molecule has 1 unspecified atom stereocenters. The number of rotatable bonds is 7. The quantitative estimate of drug-likeness (QED) is 0.456. The summed E-state index contributed by atoms with van der Waals surface area (Å²) in [6.45, 7) is 1.00. The zero-order chi connectivity index (χ0) is 20.1.